The molecule has 0 fully saturated rings. The number of hydrogen-bond acceptors (Lipinski definition) is 4. The molecule has 0 spiro atoms. The van der Waals surface area contributed by atoms with Crippen LogP contribution in [0, 0.1) is 6.92 Å². The number of anilines is 1. The van der Waals surface area contributed by atoms with Crippen molar-refractivity contribution in [3.05, 3.63) is 88.7 Å². The van der Waals surface area contributed by atoms with Gasteiger partial charge in [0, 0.05) is 14.1 Å². The monoisotopic (exact) mass is 346 g/mol. The number of nitrogen functional groups attached to an aromatic ring is 1. The maximum atomic E-state index is 12.9. The van der Waals surface area contributed by atoms with Crippen LogP contribution >= 0.6 is 0 Å². The molecule has 3 aromatic rings. The maximum Gasteiger partial charge on any atom is 0.257 e. The van der Waals surface area contributed by atoms with Crippen molar-refractivity contribution in [2.45, 2.75) is 12.8 Å². The molecule has 0 aliphatic heterocycles. The summed E-state index contributed by atoms with van der Waals surface area (Å²) in [6.07, 6.45) is 0. The van der Waals surface area contributed by atoms with Crippen LogP contribution in [0.25, 0.3) is 0 Å². The van der Waals surface area contributed by atoms with E-state index in [1.165, 1.54) is 0 Å². The quantitative estimate of drug-likeness (QED) is 0.787. The van der Waals surface area contributed by atoms with E-state index in [4.69, 9.17) is 5.73 Å². The summed E-state index contributed by atoms with van der Waals surface area (Å²) in [5, 5.41) is 0. The summed E-state index contributed by atoms with van der Waals surface area (Å²) >= 11 is 0. The van der Waals surface area contributed by atoms with Crippen molar-refractivity contribution in [2.24, 2.45) is 0 Å². The highest BCUT2D eigenvalue weighted by Gasteiger charge is 2.27. The van der Waals surface area contributed by atoms with Gasteiger partial charge in [-0.25, -0.2) is 9.97 Å². The van der Waals surface area contributed by atoms with Crippen LogP contribution in [0.1, 0.15) is 38.8 Å². The summed E-state index contributed by atoms with van der Waals surface area (Å²) in [7, 11) is 3.45. The predicted molar refractivity (Wildman–Crippen MR) is 103 cm³/mol. The number of carbonyl (C=O) groups is 1. The molecule has 0 radical (unpaired) electrons. The fourth-order valence-electron chi connectivity index (χ4n) is 3.11. The van der Waals surface area contributed by atoms with Gasteiger partial charge in [-0.2, -0.15) is 0 Å². The van der Waals surface area contributed by atoms with Crippen LogP contribution in [-0.4, -0.2) is 34.9 Å². The summed E-state index contributed by atoms with van der Waals surface area (Å²) in [6, 6.07) is 20.0. The van der Waals surface area contributed by atoms with Gasteiger partial charge in [0.2, 0.25) is 5.95 Å². The molecule has 0 aliphatic carbocycles. The average Bonchev–Trinajstić information content (AvgIpc) is 2.63. The van der Waals surface area contributed by atoms with Crippen LogP contribution in [-0.2, 0) is 0 Å². The van der Waals surface area contributed by atoms with Gasteiger partial charge in [-0.1, -0.05) is 60.7 Å². The number of hydrogen-bond donors (Lipinski definition) is 1. The molecule has 0 atom stereocenters. The molecule has 0 saturated heterocycles. The highest BCUT2D eigenvalue weighted by Crippen LogP contribution is 2.34. The van der Waals surface area contributed by atoms with Gasteiger partial charge >= 0.3 is 0 Å². The van der Waals surface area contributed by atoms with E-state index in [0.717, 1.165) is 11.1 Å². The van der Waals surface area contributed by atoms with Gasteiger partial charge in [-0.05, 0) is 18.1 Å². The molecule has 1 heterocycles. The molecular formula is C21H22N4O. The first-order valence-electron chi connectivity index (χ1n) is 8.44. The van der Waals surface area contributed by atoms with E-state index in [1.807, 2.05) is 60.7 Å². The molecule has 0 aliphatic rings. The predicted octanol–water partition coefficient (Wildman–Crippen LogP) is 3.25. The Hall–Kier alpha value is -3.21. The third-order valence-corrected chi connectivity index (χ3v) is 4.29. The van der Waals surface area contributed by atoms with Gasteiger partial charge in [0.15, 0.2) is 0 Å². The van der Waals surface area contributed by atoms with Gasteiger partial charge in [0.05, 0.1) is 22.9 Å². The third kappa shape index (κ3) is 3.42. The van der Waals surface area contributed by atoms with E-state index in [0.29, 0.717) is 17.0 Å². The second kappa shape index (κ2) is 7.35. The second-order valence-corrected chi connectivity index (χ2v) is 6.38. The zero-order chi connectivity index (χ0) is 18.7. The minimum absolute atomic E-state index is 0.130. The SMILES string of the molecule is Cc1nc(N)nc(C(c2ccccc2)c2ccccc2)c1C(=O)N(C)C. The molecule has 0 saturated carbocycles. The summed E-state index contributed by atoms with van der Waals surface area (Å²) in [4.78, 5) is 23.1. The fraction of sp³-hybridized carbons (Fsp3) is 0.190. The Morgan fingerprint density at radius 1 is 0.923 bits per heavy atom. The largest absolute Gasteiger partial charge is 0.368 e. The van der Waals surface area contributed by atoms with E-state index in [-0.39, 0.29) is 17.8 Å². The molecule has 0 bridgehead atoms. The van der Waals surface area contributed by atoms with Gasteiger partial charge in [-0.15, -0.1) is 0 Å². The molecule has 3 rings (SSSR count). The maximum absolute atomic E-state index is 12.9. The third-order valence-electron chi connectivity index (χ3n) is 4.29. The lowest BCUT2D eigenvalue weighted by Gasteiger charge is -2.23. The second-order valence-electron chi connectivity index (χ2n) is 6.38. The Balaban J connectivity index is 2.30. The van der Waals surface area contributed by atoms with E-state index in [1.54, 1.807) is 25.9 Å². The Bertz CT molecular complexity index is 869. The standard InChI is InChI=1S/C21H22N4O/c1-14-17(20(26)25(2)3)19(24-21(22)23-14)18(15-10-6-4-7-11-15)16-12-8-5-9-13-16/h4-13,18H,1-3H3,(H2,22,23,24). The van der Waals surface area contributed by atoms with E-state index >= 15 is 0 Å². The molecular weight excluding hydrogens is 324 g/mol. The van der Waals surface area contributed by atoms with Gasteiger partial charge in [-0.3, -0.25) is 4.79 Å². The Labute approximate surface area is 153 Å². The Morgan fingerprint density at radius 2 is 1.42 bits per heavy atom. The zero-order valence-corrected chi connectivity index (χ0v) is 15.2. The molecule has 2 N–H and O–H groups in total. The lowest BCUT2D eigenvalue weighted by molar-refractivity contribution is 0.0824. The smallest absolute Gasteiger partial charge is 0.257 e. The van der Waals surface area contributed by atoms with Crippen molar-refractivity contribution in [3.63, 3.8) is 0 Å². The topological polar surface area (TPSA) is 72.1 Å². The van der Waals surface area contributed by atoms with Crippen LogP contribution in [0.15, 0.2) is 60.7 Å². The molecule has 5 nitrogen and oxygen atoms in total. The number of carbonyl (C=O) groups excluding carboxylic acids is 1. The fourth-order valence-corrected chi connectivity index (χ4v) is 3.11. The average molecular weight is 346 g/mol. The minimum atomic E-state index is -0.208. The highest BCUT2D eigenvalue weighted by molar-refractivity contribution is 5.96. The van der Waals surface area contributed by atoms with E-state index in [2.05, 4.69) is 9.97 Å². The van der Waals surface area contributed by atoms with E-state index in [9.17, 15) is 4.79 Å². The number of amides is 1. The Kier molecular flexibility index (Phi) is 4.98. The van der Waals surface area contributed by atoms with Crippen LogP contribution < -0.4 is 5.73 Å². The van der Waals surface area contributed by atoms with Crippen LogP contribution in [0.5, 0.6) is 0 Å². The lowest BCUT2D eigenvalue weighted by Crippen LogP contribution is -2.27. The number of rotatable bonds is 4. The first-order valence-corrected chi connectivity index (χ1v) is 8.44. The van der Waals surface area contributed by atoms with Crippen molar-refractivity contribution in [1.82, 2.24) is 14.9 Å². The van der Waals surface area contributed by atoms with Crippen LogP contribution in [0.3, 0.4) is 0 Å². The normalized spacial score (nSPS) is 10.8. The number of nitrogens with two attached hydrogens (primary N) is 1. The lowest BCUT2D eigenvalue weighted by atomic mass is 9.85. The highest BCUT2D eigenvalue weighted by atomic mass is 16.2. The molecule has 1 aromatic heterocycles. The first-order chi connectivity index (χ1) is 12.5. The van der Waals surface area contributed by atoms with Crippen molar-refractivity contribution >= 4 is 11.9 Å². The Morgan fingerprint density at radius 3 is 1.88 bits per heavy atom. The number of aromatic nitrogens is 2. The molecule has 2 aromatic carbocycles. The van der Waals surface area contributed by atoms with Gasteiger partial charge in [0.1, 0.15) is 0 Å². The zero-order valence-electron chi connectivity index (χ0n) is 15.2. The van der Waals surface area contributed by atoms with Crippen LogP contribution in [0.2, 0.25) is 0 Å². The summed E-state index contributed by atoms with van der Waals surface area (Å²) in [5.41, 5.74) is 9.76. The van der Waals surface area contributed by atoms with Crippen LogP contribution in [0.4, 0.5) is 5.95 Å². The van der Waals surface area contributed by atoms with Gasteiger partial charge < -0.3 is 10.6 Å². The molecule has 132 valence electrons. The molecule has 1 amide bonds. The number of aryl methyl sites for hydroxylation is 1. The molecule has 5 heteroatoms. The molecule has 26 heavy (non-hydrogen) atoms. The summed E-state index contributed by atoms with van der Waals surface area (Å²) < 4.78 is 0. The molecule has 0 unspecified atom stereocenters. The summed E-state index contributed by atoms with van der Waals surface area (Å²) in [6.45, 7) is 1.80. The van der Waals surface area contributed by atoms with Crippen molar-refractivity contribution in [1.29, 1.82) is 0 Å². The first kappa shape index (κ1) is 17.6. The summed E-state index contributed by atoms with van der Waals surface area (Å²) in [5.74, 6) is -0.167. The minimum Gasteiger partial charge on any atom is -0.368 e. The van der Waals surface area contributed by atoms with E-state index < -0.39 is 0 Å². The van der Waals surface area contributed by atoms with Gasteiger partial charge in [0.25, 0.3) is 5.91 Å². The van der Waals surface area contributed by atoms with Crippen molar-refractivity contribution in [3.8, 4) is 0 Å². The number of nitrogens with zero attached hydrogens (tertiary/aromatic N) is 3. The van der Waals surface area contributed by atoms with Crippen molar-refractivity contribution in [2.75, 3.05) is 19.8 Å². The number of benzene rings is 2. The van der Waals surface area contributed by atoms with Crippen molar-refractivity contribution < 1.29 is 4.79 Å².